The lowest BCUT2D eigenvalue weighted by Crippen LogP contribution is -2.38. The molecule has 0 N–H and O–H groups in total. The summed E-state index contributed by atoms with van der Waals surface area (Å²) in [5.74, 6) is -0.103. The second-order valence-corrected chi connectivity index (χ2v) is 9.96. The van der Waals surface area contributed by atoms with E-state index in [-0.39, 0.29) is 36.9 Å². The quantitative estimate of drug-likeness (QED) is 0.501. The van der Waals surface area contributed by atoms with E-state index in [4.69, 9.17) is 4.74 Å². The zero-order valence-corrected chi connectivity index (χ0v) is 20.3. The first kappa shape index (κ1) is 23.8. The van der Waals surface area contributed by atoms with Crippen molar-refractivity contribution in [2.75, 3.05) is 24.6 Å². The number of halogens is 3. The Labute approximate surface area is 203 Å². The van der Waals surface area contributed by atoms with Crippen LogP contribution >= 0.6 is 11.3 Å². The maximum absolute atomic E-state index is 13.3. The number of hydrogen-bond donors (Lipinski definition) is 0. The fourth-order valence-corrected chi connectivity index (χ4v) is 5.87. The molecule has 0 aliphatic carbocycles. The maximum atomic E-state index is 13.3. The molecule has 13 heteroatoms. The number of carbonyl (C=O) groups is 1. The van der Waals surface area contributed by atoms with Gasteiger partial charge in [-0.1, -0.05) is 13.3 Å². The molecule has 0 bridgehead atoms. The summed E-state index contributed by atoms with van der Waals surface area (Å²) in [5, 5.41) is 8.01. The molecule has 0 spiro atoms. The number of ether oxygens (including phenoxy) is 1. The lowest BCUT2D eigenvalue weighted by molar-refractivity contribution is -0.147. The van der Waals surface area contributed by atoms with E-state index in [9.17, 15) is 18.0 Å². The van der Waals surface area contributed by atoms with Crippen LogP contribution in [0.5, 0.6) is 6.01 Å². The van der Waals surface area contributed by atoms with Crippen LogP contribution in [0.2, 0.25) is 0 Å². The summed E-state index contributed by atoms with van der Waals surface area (Å²) in [4.78, 5) is 26.8. The number of hydrogen-bond acceptors (Lipinski definition) is 8. The molecular formula is C22H26F3N7O2S. The molecule has 9 nitrogen and oxygen atoms in total. The number of aromatic nitrogens is 5. The minimum atomic E-state index is -4.55. The molecule has 35 heavy (non-hydrogen) atoms. The van der Waals surface area contributed by atoms with E-state index in [0.29, 0.717) is 25.5 Å². The predicted molar refractivity (Wildman–Crippen MR) is 123 cm³/mol. The van der Waals surface area contributed by atoms with Crippen LogP contribution in [0, 0.1) is 0 Å². The van der Waals surface area contributed by atoms with Crippen molar-refractivity contribution in [3.63, 3.8) is 0 Å². The summed E-state index contributed by atoms with van der Waals surface area (Å²) in [5.41, 5.74) is 0. The number of nitrogens with zero attached hydrogens (tertiary/aromatic N) is 7. The van der Waals surface area contributed by atoms with Crippen molar-refractivity contribution in [1.82, 2.24) is 29.6 Å². The Morgan fingerprint density at radius 1 is 1.23 bits per heavy atom. The third-order valence-corrected chi connectivity index (χ3v) is 7.48. The monoisotopic (exact) mass is 509 g/mol. The SMILES string of the molecule is CCCc1cc2c(N3CCn4c(nnc4C(F)(F)F)C3)nc(OCC3CCCN3C(C)=O)nc2s1. The van der Waals surface area contributed by atoms with Gasteiger partial charge in [-0.2, -0.15) is 23.1 Å². The van der Waals surface area contributed by atoms with E-state index >= 15 is 0 Å². The zero-order chi connectivity index (χ0) is 24.7. The molecule has 2 aliphatic heterocycles. The Morgan fingerprint density at radius 2 is 2.06 bits per heavy atom. The van der Waals surface area contributed by atoms with Crippen molar-refractivity contribution in [3.05, 3.63) is 22.6 Å². The van der Waals surface area contributed by atoms with Crippen LogP contribution in [-0.4, -0.2) is 61.3 Å². The maximum Gasteiger partial charge on any atom is 0.451 e. The van der Waals surface area contributed by atoms with Crippen LogP contribution in [0.4, 0.5) is 19.0 Å². The van der Waals surface area contributed by atoms with Crippen molar-refractivity contribution >= 4 is 33.3 Å². The molecule has 188 valence electrons. The topological polar surface area (TPSA) is 89.3 Å². The number of amides is 1. The molecule has 0 radical (unpaired) electrons. The lowest BCUT2D eigenvalue weighted by Gasteiger charge is -2.29. The summed E-state index contributed by atoms with van der Waals surface area (Å²) in [6.07, 6.45) is -0.882. The van der Waals surface area contributed by atoms with Crippen LogP contribution in [0.3, 0.4) is 0 Å². The van der Waals surface area contributed by atoms with Crippen LogP contribution in [0.1, 0.15) is 49.6 Å². The summed E-state index contributed by atoms with van der Waals surface area (Å²) in [6, 6.07) is 2.23. The molecule has 1 amide bonds. The van der Waals surface area contributed by atoms with Gasteiger partial charge in [0.05, 0.1) is 18.0 Å². The highest BCUT2D eigenvalue weighted by molar-refractivity contribution is 7.18. The van der Waals surface area contributed by atoms with Gasteiger partial charge in [0.25, 0.3) is 0 Å². The molecule has 1 atom stereocenters. The van der Waals surface area contributed by atoms with Crippen molar-refractivity contribution < 1.29 is 22.7 Å². The minimum absolute atomic E-state index is 0.0197. The molecule has 2 aliphatic rings. The summed E-state index contributed by atoms with van der Waals surface area (Å²) in [7, 11) is 0. The third-order valence-electron chi connectivity index (χ3n) is 6.39. The van der Waals surface area contributed by atoms with Gasteiger partial charge in [0, 0.05) is 31.4 Å². The highest BCUT2D eigenvalue weighted by atomic mass is 32.1. The second-order valence-electron chi connectivity index (χ2n) is 8.84. The Morgan fingerprint density at radius 3 is 2.80 bits per heavy atom. The van der Waals surface area contributed by atoms with Crippen molar-refractivity contribution in [1.29, 1.82) is 0 Å². The number of carbonyl (C=O) groups excluding carboxylic acids is 1. The predicted octanol–water partition coefficient (Wildman–Crippen LogP) is 3.66. The van der Waals surface area contributed by atoms with Crippen LogP contribution < -0.4 is 9.64 Å². The van der Waals surface area contributed by atoms with Crippen molar-refractivity contribution in [2.24, 2.45) is 0 Å². The van der Waals surface area contributed by atoms with Gasteiger partial charge in [0.15, 0.2) is 5.82 Å². The van der Waals surface area contributed by atoms with Gasteiger partial charge in [-0.25, -0.2) is 0 Å². The number of likely N-dealkylation sites (tertiary alicyclic amines) is 1. The molecular weight excluding hydrogens is 483 g/mol. The Hall–Kier alpha value is -2.96. The Kier molecular flexibility index (Phi) is 6.28. The van der Waals surface area contributed by atoms with Gasteiger partial charge in [-0.3, -0.25) is 4.79 Å². The lowest BCUT2D eigenvalue weighted by atomic mass is 10.2. The Balaban J connectivity index is 1.44. The standard InChI is InChI=1S/C22H26F3N7O2S/c1-3-5-15-10-16-18(30-8-9-32-17(11-30)28-29-20(32)22(23,24)25)26-21(27-19(16)35-15)34-12-14-6-4-7-31(14)13(2)33/h10,14H,3-9,11-12H2,1-2H3. The van der Waals surface area contributed by atoms with Crippen molar-refractivity contribution in [3.8, 4) is 6.01 Å². The normalized spacial score (nSPS) is 18.4. The van der Waals surface area contributed by atoms with Crippen molar-refractivity contribution in [2.45, 2.75) is 64.8 Å². The second kappa shape index (κ2) is 9.25. The van der Waals surface area contributed by atoms with Crippen LogP contribution in [0.15, 0.2) is 6.07 Å². The minimum Gasteiger partial charge on any atom is -0.461 e. The molecule has 0 saturated carbocycles. The van der Waals surface area contributed by atoms with Gasteiger partial charge in [0.2, 0.25) is 11.7 Å². The summed E-state index contributed by atoms with van der Waals surface area (Å²) >= 11 is 1.57. The summed E-state index contributed by atoms with van der Waals surface area (Å²) < 4.78 is 46.9. The van der Waals surface area contributed by atoms with Crippen LogP contribution in [-0.2, 0) is 30.5 Å². The van der Waals surface area contributed by atoms with Gasteiger partial charge in [0.1, 0.15) is 17.3 Å². The van der Waals surface area contributed by atoms with Gasteiger partial charge in [-0.15, -0.1) is 21.5 Å². The van der Waals surface area contributed by atoms with Gasteiger partial charge in [-0.05, 0) is 25.3 Å². The van der Waals surface area contributed by atoms with E-state index < -0.39 is 12.0 Å². The number of anilines is 1. The Bertz CT molecular complexity index is 1240. The number of thiophene rings is 1. The molecule has 3 aromatic heterocycles. The zero-order valence-electron chi connectivity index (χ0n) is 19.5. The first-order valence-electron chi connectivity index (χ1n) is 11.7. The fourth-order valence-electron chi connectivity index (χ4n) is 4.75. The van der Waals surface area contributed by atoms with Gasteiger partial charge < -0.3 is 19.1 Å². The smallest absolute Gasteiger partial charge is 0.451 e. The molecule has 1 saturated heterocycles. The largest absolute Gasteiger partial charge is 0.461 e. The molecule has 5 heterocycles. The van der Waals surface area contributed by atoms with E-state index in [0.717, 1.165) is 45.3 Å². The number of fused-ring (bicyclic) bond motifs is 2. The number of alkyl halides is 3. The highest BCUT2D eigenvalue weighted by Gasteiger charge is 2.40. The molecule has 0 aromatic carbocycles. The van der Waals surface area contributed by atoms with Gasteiger partial charge >= 0.3 is 12.2 Å². The van der Waals surface area contributed by atoms with E-state index in [1.807, 2.05) is 4.90 Å². The molecule has 1 fully saturated rings. The molecule has 3 aromatic rings. The first-order valence-corrected chi connectivity index (χ1v) is 12.5. The average molecular weight is 510 g/mol. The van der Waals surface area contributed by atoms with E-state index in [2.05, 4.69) is 33.2 Å². The molecule has 5 rings (SSSR count). The summed E-state index contributed by atoms with van der Waals surface area (Å²) in [6.45, 7) is 5.23. The number of rotatable bonds is 6. The van der Waals surface area contributed by atoms with E-state index in [1.54, 1.807) is 23.2 Å². The molecule has 1 unspecified atom stereocenters. The van der Waals surface area contributed by atoms with E-state index in [1.165, 1.54) is 0 Å². The van der Waals surface area contributed by atoms with Crippen LogP contribution in [0.25, 0.3) is 10.2 Å². The number of aryl methyl sites for hydroxylation is 1. The highest BCUT2D eigenvalue weighted by Crippen LogP contribution is 2.36. The third kappa shape index (κ3) is 4.65. The fraction of sp³-hybridized carbons (Fsp3) is 0.591. The average Bonchev–Trinajstić information content (AvgIpc) is 3.53. The first-order chi connectivity index (χ1) is 16.7.